The molecule has 0 aliphatic rings. The number of allylic oxidation sites excluding steroid dienone is 2. The molecule has 0 fully saturated rings. The molecule has 0 aliphatic heterocycles. The van der Waals surface area contributed by atoms with Gasteiger partial charge in [-0.2, -0.15) is 0 Å². The molecule has 0 saturated carbocycles. The summed E-state index contributed by atoms with van der Waals surface area (Å²) < 4.78 is 0. The number of unbranched alkanes of at least 4 members (excludes halogenated alkanes) is 11. The Bertz CT molecular complexity index is 404. The van der Waals surface area contributed by atoms with Crippen molar-refractivity contribution in [3.05, 3.63) is 12.2 Å². The molecule has 6 heteroatoms. The first-order valence-electron chi connectivity index (χ1n) is 13.5. The van der Waals surface area contributed by atoms with Crippen LogP contribution in [0, 0.1) is 0 Å². The first kappa shape index (κ1) is 31.0. The quantitative estimate of drug-likeness (QED) is 0.101. The molecular formula is C26H55N5O. The summed E-state index contributed by atoms with van der Waals surface area (Å²) in [5.41, 5.74) is 5.42. The van der Waals surface area contributed by atoms with Crippen LogP contribution < -0.4 is 27.0 Å². The first-order chi connectivity index (χ1) is 15.8. The second kappa shape index (κ2) is 28.1. The van der Waals surface area contributed by atoms with E-state index in [2.05, 4.69) is 40.3 Å². The van der Waals surface area contributed by atoms with E-state index in [1.54, 1.807) is 0 Å². The summed E-state index contributed by atoms with van der Waals surface area (Å²) in [6, 6.07) is 0. The van der Waals surface area contributed by atoms with Crippen LogP contribution in [0.15, 0.2) is 12.2 Å². The molecule has 32 heavy (non-hydrogen) atoms. The molecule has 0 aromatic rings. The lowest BCUT2D eigenvalue weighted by Gasteiger charge is -2.08. The summed E-state index contributed by atoms with van der Waals surface area (Å²) >= 11 is 0. The molecule has 0 rings (SSSR count). The highest BCUT2D eigenvalue weighted by atomic mass is 16.1. The molecule has 0 atom stereocenters. The van der Waals surface area contributed by atoms with E-state index in [0.29, 0.717) is 19.5 Å². The van der Waals surface area contributed by atoms with Crippen LogP contribution in [0.25, 0.3) is 0 Å². The Hall–Kier alpha value is -0.950. The van der Waals surface area contributed by atoms with Gasteiger partial charge in [0.2, 0.25) is 5.91 Å². The van der Waals surface area contributed by atoms with Crippen LogP contribution in [0.3, 0.4) is 0 Å². The fourth-order valence-corrected chi connectivity index (χ4v) is 3.57. The SMILES string of the molecule is CCCCCCCC/C=C\CCCCCCCC(=O)NCCNCCNCCNCCN. The van der Waals surface area contributed by atoms with Gasteiger partial charge >= 0.3 is 0 Å². The highest BCUT2D eigenvalue weighted by Gasteiger charge is 2.00. The van der Waals surface area contributed by atoms with Gasteiger partial charge in [0.25, 0.3) is 0 Å². The van der Waals surface area contributed by atoms with E-state index >= 15 is 0 Å². The molecule has 0 radical (unpaired) electrons. The average Bonchev–Trinajstić information content (AvgIpc) is 2.80. The summed E-state index contributed by atoms with van der Waals surface area (Å²) in [6.45, 7) is 9.12. The van der Waals surface area contributed by atoms with Crippen molar-refractivity contribution in [1.29, 1.82) is 0 Å². The van der Waals surface area contributed by atoms with Gasteiger partial charge in [-0.25, -0.2) is 0 Å². The lowest BCUT2D eigenvalue weighted by Crippen LogP contribution is -2.36. The van der Waals surface area contributed by atoms with Gasteiger partial charge in [-0.1, -0.05) is 70.4 Å². The van der Waals surface area contributed by atoms with Crippen LogP contribution in [0.2, 0.25) is 0 Å². The number of hydrogen-bond acceptors (Lipinski definition) is 5. The van der Waals surface area contributed by atoms with Gasteiger partial charge in [-0.3, -0.25) is 4.79 Å². The van der Waals surface area contributed by atoms with Crippen LogP contribution in [0.4, 0.5) is 0 Å². The largest absolute Gasteiger partial charge is 0.355 e. The third kappa shape index (κ3) is 27.1. The molecular weight excluding hydrogens is 398 g/mol. The molecule has 0 heterocycles. The van der Waals surface area contributed by atoms with Crippen LogP contribution in [0.1, 0.15) is 96.8 Å². The van der Waals surface area contributed by atoms with E-state index in [1.165, 1.54) is 77.0 Å². The van der Waals surface area contributed by atoms with Crippen molar-refractivity contribution in [2.24, 2.45) is 5.73 Å². The van der Waals surface area contributed by atoms with Gasteiger partial charge < -0.3 is 27.0 Å². The van der Waals surface area contributed by atoms with Crippen molar-refractivity contribution in [1.82, 2.24) is 21.3 Å². The molecule has 0 bridgehead atoms. The van der Waals surface area contributed by atoms with Gasteiger partial charge in [0.05, 0.1) is 0 Å². The maximum absolute atomic E-state index is 11.9. The zero-order chi connectivity index (χ0) is 23.4. The second-order valence-electron chi connectivity index (χ2n) is 8.72. The van der Waals surface area contributed by atoms with Crippen molar-refractivity contribution in [2.45, 2.75) is 96.8 Å². The van der Waals surface area contributed by atoms with Gasteiger partial charge in [-0.15, -0.1) is 0 Å². The molecule has 0 aromatic carbocycles. The Labute approximate surface area is 199 Å². The minimum atomic E-state index is 0.188. The maximum atomic E-state index is 11.9. The number of nitrogens with one attached hydrogen (secondary N) is 4. The lowest BCUT2D eigenvalue weighted by atomic mass is 10.1. The molecule has 190 valence electrons. The molecule has 0 spiro atoms. The molecule has 0 aliphatic carbocycles. The number of carbonyl (C=O) groups excluding carboxylic acids is 1. The lowest BCUT2D eigenvalue weighted by molar-refractivity contribution is -0.121. The highest BCUT2D eigenvalue weighted by Crippen LogP contribution is 2.09. The summed E-state index contributed by atoms with van der Waals surface area (Å²) in [5.74, 6) is 0.188. The zero-order valence-electron chi connectivity index (χ0n) is 21.2. The van der Waals surface area contributed by atoms with Crippen LogP contribution in [-0.4, -0.2) is 58.3 Å². The Morgan fingerprint density at radius 1 is 0.625 bits per heavy atom. The van der Waals surface area contributed by atoms with E-state index in [-0.39, 0.29) is 5.91 Å². The van der Waals surface area contributed by atoms with Crippen molar-refractivity contribution < 1.29 is 4.79 Å². The minimum absolute atomic E-state index is 0.188. The fourth-order valence-electron chi connectivity index (χ4n) is 3.57. The second-order valence-corrected chi connectivity index (χ2v) is 8.72. The molecule has 0 aromatic heterocycles. The number of rotatable bonds is 26. The van der Waals surface area contributed by atoms with Gasteiger partial charge in [0.1, 0.15) is 0 Å². The number of amides is 1. The Morgan fingerprint density at radius 2 is 1.09 bits per heavy atom. The first-order valence-corrected chi connectivity index (χ1v) is 13.5. The molecule has 1 amide bonds. The smallest absolute Gasteiger partial charge is 0.220 e. The van der Waals surface area contributed by atoms with Crippen LogP contribution in [0.5, 0.6) is 0 Å². The summed E-state index contributed by atoms with van der Waals surface area (Å²) in [5, 5.41) is 13.0. The average molecular weight is 454 g/mol. The highest BCUT2D eigenvalue weighted by molar-refractivity contribution is 5.75. The van der Waals surface area contributed by atoms with E-state index in [9.17, 15) is 4.79 Å². The van der Waals surface area contributed by atoms with E-state index in [4.69, 9.17) is 5.73 Å². The predicted octanol–water partition coefficient (Wildman–Crippen LogP) is 3.87. The number of hydrogen-bond donors (Lipinski definition) is 5. The number of nitrogens with two attached hydrogens (primary N) is 1. The van der Waals surface area contributed by atoms with Crippen molar-refractivity contribution >= 4 is 5.91 Å². The Kier molecular flexibility index (Phi) is 27.2. The normalized spacial score (nSPS) is 11.4. The Balaban J connectivity index is 3.20. The Morgan fingerprint density at radius 3 is 1.66 bits per heavy atom. The molecule has 0 unspecified atom stereocenters. The fraction of sp³-hybridized carbons (Fsp3) is 0.885. The zero-order valence-corrected chi connectivity index (χ0v) is 21.2. The third-order valence-electron chi connectivity index (χ3n) is 5.57. The molecule has 0 saturated heterocycles. The summed E-state index contributed by atoms with van der Waals surface area (Å²) in [6.07, 6.45) is 22.1. The van der Waals surface area contributed by atoms with Gasteiger partial charge in [0.15, 0.2) is 0 Å². The van der Waals surface area contributed by atoms with Crippen molar-refractivity contribution in [2.75, 3.05) is 52.4 Å². The number of carbonyl (C=O) groups is 1. The van der Waals surface area contributed by atoms with Crippen molar-refractivity contribution in [3.63, 3.8) is 0 Å². The topological polar surface area (TPSA) is 91.2 Å². The van der Waals surface area contributed by atoms with E-state index in [1.807, 2.05) is 0 Å². The van der Waals surface area contributed by atoms with Crippen LogP contribution >= 0.6 is 0 Å². The van der Waals surface area contributed by atoms with Crippen molar-refractivity contribution in [3.8, 4) is 0 Å². The minimum Gasteiger partial charge on any atom is -0.355 e. The summed E-state index contributed by atoms with van der Waals surface area (Å²) in [4.78, 5) is 11.9. The standard InChI is InChI=1S/C26H55N5O/c1-2-3-4-5-6-7-8-9-10-11-12-13-14-15-16-17-26(32)31-25-24-30-23-22-29-21-20-28-19-18-27/h9-10,28-30H,2-8,11-25,27H2,1H3,(H,31,32)/b10-9-. The third-order valence-corrected chi connectivity index (χ3v) is 5.57. The summed E-state index contributed by atoms with van der Waals surface area (Å²) in [7, 11) is 0. The monoisotopic (exact) mass is 453 g/mol. The van der Waals surface area contributed by atoms with Gasteiger partial charge in [-0.05, 0) is 32.1 Å². The molecule has 6 nitrogen and oxygen atoms in total. The van der Waals surface area contributed by atoms with E-state index in [0.717, 1.165) is 45.7 Å². The predicted molar refractivity (Wildman–Crippen MR) is 140 cm³/mol. The maximum Gasteiger partial charge on any atom is 0.220 e. The van der Waals surface area contributed by atoms with Crippen LogP contribution in [-0.2, 0) is 4.79 Å². The molecule has 6 N–H and O–H groups in total. The van der Waals surface area contributed by atoms with Gasteiger partial charge in [0, 0.05) is 58.8 Å². The van der Waals surface area contributed by atoms with E-state index < -0.39 is 0 Å².